The molecule has 2 amide bonds. The number of likely N-dealkylation sites (tertiary alicyclic amines) is 1. The highest BCUT2D eigenvalue weighted by Gasteiger charge is 2.45. The van der Waals surface area contributed by atoms with E-state index in [1.165, 1.54) is 0 Å². The number of rotatable bonds is 1. The van der Waals surface area contributed by atoms with E-state index in [0.29, 0.717) is 37.5 Å². The first-order chi connectivity index (χ1) is 13.6. The van der Waals surface area contributed by atoms with Gasteiger partial charge in [0.1, 0.15) is 5.54 Å². The van der Waals surface area contributed by atoms with Crippen LogP contribution in [0.4, 0.5) is 11.4 Å². The van der Waals surface area contributed by atoms with Gasteiger partial charge in [0.15, 0.2) is 5.69 Å². The summed E-state index contributed by atoms with van der Waals surface area (Å²) < 4.78 is 0. The second-order valence-corrected chi connectivity index (χ2v) is 8.38. The highest BCUT2D eigenvalue weighted by Crippen LogP contribution is 2.36. The van der Waals surface area contributed by atoms with Crippen LogP contribution in [0.5, 0.6) is 0 Å². The van der Waals surface area contributed by atoms with E-state index >= 15 is 0 Å². The van der Waals surface area contributed by atoms with Crippen molar-refractivity contribution in [2.24, 2.45) is 5.92 Å². The molecule has 1 spiro atoms. The van der Waals surface area contributed by atoms with Crippen molar-refractivity contribution < 1.29 is 9.59 Å². The number of carbonyl (C=O) groups excluding carboxylic acids is 2. The normalized spacial score (nSPS) is 22.8. The summed E-state index contributed by atoms with van der Waals surface area (Å²) in [5, 5.41) is 13.9. The minimum Gasteiger partial charge on any atom is -0.369 e. The Bertz CT molecular complexity index is 942. The third-order valence-corrected chi connectivity index (χ3v) is 6.48. The van der Waals surface area contributed by atoms with E-state index in [-0.39, 0.29) is 11.8 Å². The standard InChI is InChI=1S/C21H25N5O2/c1-13-6-7-15-14(12-13)18(25-24-15)19(27)26-10-8-21(9-11-26)20(28)22-16-4-2-3-5-17(16)23-21/h2-5,13,23H,6-12H2,1H3,(H,22,28)(H,24,25)/t13-/m1/s1. The number of aromatic nitrogens is 2. The van der Waals surface area contributed by atoms with Gasteiger partial charge in [-0.1, -0.05) is 19.1 Å². The number of benzene rings is 1. The third kappa shape index (κ3) is 2.68. The molecule has 0 unspecified atom stereocenters. The number of anilines is 2. The van der Waals surface area contributed by atoms with Gasteiger partial charge in [-0.25, -0.2) is 0 Å². The zero-order chi connectivity index (χ0) is 19.3. The van der Waals surface area contributed by atoms with Crippen molar-refractivity contribution in [1.29, 1.82) is 0 Å². The van der Waals surface area contributed by atoms with Crippen LogP contribution in [0.25, 0.3) is 0 Å². The van der Waals surface area contributed by atoms with Crippen LogP contribution in [0.1, 0.15) is 47.9 Å². The number of aromatic amines is 1. The number of hydrogen-bond donors (Lipinski definition) is 3. The van der Waals surface area contributed by atoms with Crippen LogP contribution in [0, 0.1) is 5.92 Å². The van der Waals surface area contributed by atoms with Gasteiger partial charge in [0.2, 0.25) is 5.91 Å². The Morgan fingerprint density at radius 1 is 1.21 bits per heavy atom. The summed E-state index contributed by atoms with van der Waals surface area (Å²) in [6, 6.07) is 7.74. The first-order valence-corrected chi connectivity index (χ1v) is 10.1. The van der Waals surface area contributed by atoms with Crippen LogP contribution in [0.3, 0.4) is 0 Å². The smallest absolute Gasteiger partial charge is 0.274 e. The Labute approximate surface area is 163 Å². The second-order valence-electron chi connectivity index (χ2n) is 8.38. The molecule has 1 saturated heterocycles. The average Bonchev–Trinajstić information content (AvgIpc) is 3.12. The van der Waals surface area contributed by atoms with Crippen LogP contribution in [-0.2, 0) is 17.6 Å². The molecule has 2 aliphatic heterocycles. The molecule has 3 N–H and O–H groups in total. The molecule has 2 aromatic rings. The Hall–Kier alpha value is -2.83. The maximum Gasteiger partial charge on any atom is 0.274 e. The second kappa shape index (κ2) is 6.36. The van der Waals surface area contributed by atoms with Crippen molar-refractivity contribution in [2.45, 2.75) is 44.6 Å². The number of nitrogens with one attached hydrogen (secondary N) is 3. The number of para-hydroxylation sites is 2. The largest absolute Gasteiger partial charge is 0.369 e. The van der Waals surface area contributed by atoms with Crippen LogP contribution in [0.15, 0.2) is 24.3 Å². The Balaban J connectivity index is 1.32. The number of carbonyl (C=O) groups is 2. The van der Waals surface area contributed by atoms with E-state index in [9.17, 15) is 9.59 Å². The molecule has 7 heteroatoms. The molecular weight excluding hydrogens is 354 g/mol. The summed E-state index contributed by atoms with van der Waals surface area (Å²) in [5.74, 6) is 0.554. The molecule has 3 aliphatic rings. The third-order valence-electron chi connectivity index (χ3n) is 6.48. The van der Waals surface area contributed by atoms with Gasteiger partial charge < -0.3 is 15.5 Å². The zero-order valence-electron chi connectivity index (χ0n) is 16.0. The number of aryl methyl sites for hydroxylation is 1. The number of fused-ring (bicyclic) bond motifs is 2. The fraction of sp³-hybridized carbons (Fsp3) is 0.476. The molecule has 1 aromatic carbocycles. The van der Waals surface area contributed by atoms with Crippen molar-refractivity contribution in [3.05, 3.63) is 41.2 Å². The summed E-state index contributed by atoms with van der Waals surface area (Å²) >= 11 is 0. The SMILES string of the molecule is C[C@@H]1CCc2[nH]nc(C(=O)N3CCC4(CC3)Nc3ccccc3NC4=O)c2C1. The monoisotopic (exact) mass is 379 g/mol. The number of amides is 2. The predicted molar refractivity (Wildman–Crippen MR) is 106 cm³/mol. The van der Waals surface area contributed by atoms with Crippen LogP contribution < -0.4 is 10.6 Å². The van der Waals surface area contributed by atoms with Gasteiger partial charge >= 0.3 is 0 Å². The first kappa shape index (κ1) is 17.3. The topological polar surface area (TPSA) is 90.1 Å². The number of H-pyrrole nitrogens is 1. The summed E-state index contributed by atoms with van der Waals surface area (Å²) in [4.78, 5) is 27.7. The fourth-order valence-electron chi connectivity index (χ4n) is 4.70. The first-order valence-electron chi connectivity index (χ1n) is 10.1. The van der Waals surface area contributed by atoms with E-state index in [0.717, 1.165) is 41.9 Å². The van der Waals surface area contributed by atoms with E-state index in [1.54, 1.807) is 0 Å². The molecule has 146 valence electrons. The molecule has 1 aliphatic carbocycles. The summed E-state index contributed by atoms with van der Waals surface area (Å²) in [7, 11) is 0. The van der Waals surface area contributed by atoms with E-state index in [2.05, 4.69) is 27.8 Å². The molecule has 1 atom stereocenters. The summed E-state index contributed by atoms with van der Waals surface area (Å²) in [6.45, 7) is 3.30. The van der Waals surface area contributed by atoms with Gasteiger partial charge in [-0.3, -0.25) is 14.7 Å². The molecule has 3 heterocycles. The van der Waals surface area contributed by atoms with Crippen LogP contribution >= 0.6 is 0 Å². The lowest BCUT2D eigenvalue weighted by molar-refractivity contribution is -0.122. The predicted octanol–water partition coefficient (Wildman–Crippen LogP) is 2.57. The highest BCUT2D eigenvalue weighted by atomic mass is 16.2. The minimum absolute atomic E-state index is 0.00993. The van der Waals surface area contributed by atoms with E-state index in [1.807, 2.05) is 29.2 Å². The van der Waals surface area contributed by atoms with Crippen molar-refractivity contribution >= 4 is 23.2 Å². The molecule has 1 aromatic heterocycles. The number of hydrogen-bond acceptors (Lipinski definition) is 4. The Morgan fingerprint density at radius 2 is 1.96 bits per heavy atom. The maximum absolute atomic E-state index is 13.1. The minimum atomic E-state index is -0.648. The van der Waals surface area contributed by atoms with Crippen molar-refractivity contribution in [3.8, 4) is 0 Å². The zero-order valence-corrected chi connectivity index (χ0v) is 16.0. The molecule has 5 rings (SSSR count). The molecule has 1 fully saturated rings. The Kier molecular flexibility index (Phi) is 3.92. The van der Waals surface area contributed by atoms with Crippen molar-refractivity contribution in [2.75, 3.05) is 23.7 Å². The fourth-order valence-corrected chi connectivity index (χ4v) is 4.70. The quantitative estimate of drug-likeness (QED) is 0.710. The van der Waals surface area contributed by atoms with Gasteiger partial charge in [-0.2, -0.15) is 5.10 Å². The highest BCUT2D eigenvalue weighted by molar-refractivity contribution is 6.06. The van der Waals surface area contributed by atoms with Crippen LogP contribution in [0.2, 0.25) is 0 Å². The summed E-state index contributed by atoms with van der Waals surface area (Å²) in [6.07, 6.45) is 4.18. The number of nitrogens with zero attached hydrogens (tertiary/aromatic N) is 2. The van der Waals surface area contributed by atoms with Crippen molar-refractivity contribution in [3.63, 3.8) is 0 Å². The molecule has 0 radical (unpaired) electrons. The van der Waals surface area contributed by atoms with Gasteiger partial charge in [0.05, 0.1) is 11.4 Å². The lowest BCUT2D eigenvalue weighted by Crippen LogP contribution is -2.59. The summed E-state index contributed by atoms with van der Waals surface area (Å²) in [5.41, 5.74) is 3.88. The van der Waals surface area contributed by atoms with Gasteiger partial charge in [-0.15, -0.1) is 0 Å². The van der Waals surface area contributed by atoms with Gasteiger partial charge in [-0.05, 0) is 50.2 Å². The van der Waals surface area contributed by atoms with Crippen LogP contribution in [-0.4, -0.2) is 45.5 Å². The van der Waals surface area contributed by atoms with Gasteiger partial charge in [0, 0.05) is 24.3 Å². The molecule has 0 saturated carbocycles. The average molecular weight is 379 g/mol. The maximum atomic E-state index is 13.1. The Morgan fingerprint density at radius 3 is 2.75 bits per heavy atom. The van der Waals surface area contributed by atoms with Crippen molar-refractivity contribution in [1.82, 2.24) is 15.1 Å². The molecule has 7 nitrogen and oxygen atoms in total. The van der Waals surface area contributed by atoms with E-state index in [4.69, 9.17) is 0 Å². The lowest BCUT2D eigenvalue weighted by atomic mass is 9.84. The number of piperidine rings is 1. The van der Waals surface area contributed by atoms with Gasteiger partial charge in [0.25, 0.3) is 5.91 Å². The molecule has 28 heavy (non-hydrogen) atoms. The molecular formula is C21H25N5O2. The molecule has 0 bridgehead atoms. The lowest BCUT2D eigenvalue weighted by Gasteiger charge is -2.44. The van der Waals surface area contributed by atoms with E-state index < -0.39 is 5.54 Å².